The van der Waals surface area contributed by atoms with Crippen LogP contribution < -0.4 is 4.74 Å². The molecule has 0 bridgehead atoms. The summed E-state index contributed by atoms with van der Waals surface area (Å²) in [7, 11) is 1.46. The number of carbonyl (C=O) groups is 2. The second kappa shape index (κ2) is 8.93. The van der Waals surface area contributed by atoms with Crippen LogP contribution in [0, 0.1) is 22.7 Å². The van der Waals surface area contributed by atoms with E-state index >= 15 is 0 Å². The lowest BCUT2D eigenvalue weighted by atomic mass is 10.1. The predicted molar refractivity (Wildman–Crippen MR) is 77.6 cm³/mol. The molecule has 0 aliphatic heterocycles. The molecule has 0 aliphatic carbocycles. The fraction of sp³-hybridized carbons (Fsp3) is 0.250. The highest BCUT2D eigenvalue weighted by molar-refractivity contribution is 6.04. The van der Waals surface area contributed by atoms with E-state index < -0.39 is 11.8 Å². The Morgan fingerprint density at radius 2 is 2.09 bits per heavy atom. The van der Waals surface area contributed by atoms with Gasteiger partial charge in [-0.1, -0.05) is 0 Å². The Bertz CT molecular complexity index is 666. The molecule has 1 aromatic carbocycles. The van der Waals surface area contributed by atoms with Crippen molar-refractivity contribution in [2.45, 2.75) is 12.8 Å². The molecule has 22 heavy (non-hydrogen) atoms. The molecule has 112 valence electrons. The molecule has 0 atom stereocenters. The van der Waals surface area contributed by atoms with Gasteiger partial charge in [-0.2, -0.15) is 10.5 Å². The normalized spacial score (nSPS) is 9.77. The molecule has 0 radical (unpaired) electrons. The van der Waals surface area contributed by atoms with Crippen LogP contribution in [0.3, 0.4) is 0 Å². The number of nitrogens with zero attached hydrogens (tertiary/aromatic N) is 2. The summed E-state index contributed by atoms with van der Waals surface area (Å²) in [5, 5.41) is 17.1. The fourth-order valence-electron chi connectivity index (χ4n) is 1.56. The standard InChI is InChI=1S/C16H14N2O4/c1-21-15-9-12(11-18)3-4-13(15)5-6-14(19)10-16(20)22-8-2-7-17/h3-6,9H,2,8,10H2,1H3/b6-5-. The molecule has 0 aromatic heterocycles. The summed E-state index contributed by atoms with van der Waals surface area (Å²) in [5.74, 6) is -0.634. The number of nitriles is 2. The zero-order chi connectivity index (χ0) is 16.4. The van der Waals surface area contributed by atoms with Crippen molar-refractivity contribution >= 4 is 17.8 Å². The molecule has 0 saturated heterocycles. The van der Waals surface area contributed by atoms with Crippen LogP contribution in [0.5, 0.6) is 5.75 Å². The van der Waals surface area contributed by atoms with Gasteiger partial charge in [0.2, 0.25) is 0 Å². The van der Waals surface area contributed by atoms with Crippen molar-refractivity contribution in [2.75, 3.05) is 13.7 Å². The van der Waals surface area contributed by atoms with E-state index in [1.165, 1.54) is 19.3 Å². The number of ether oxygens (including phenoxy) is 2. The number of hydrogen-bond donors (Lipinski definition) is 0. The minimum Gasteiger partial charge on any atom is -0.496 e. The van der Waals surface area contributed by atoms with E-state index in [1.807, 2.05) is 12.1 Å². The number of benzene rings is 1. The van der Waals surface area contributed by atoms with E-state index in [1.54, 1.807) is 18.2 Å². The molecule has 0 heterocycles. The highest BCUT2D eigenvalue weighted by atomic mass is 16.5. The zero-order valence-corrected chi connectivity index (χ0v) is 12.0. The summed E-state index contributed by atoms with van der Waals surface area (Å²) < 4.78 is 9.83. The monoisotopic (exact) mass is 298 g/mol. The number of ketones is 1. The lowest BCUT2D eigenvalue weighted by Gasteiger charge is -2.04. The predicted octanol–water partition coefficient (Wildman–Crippen LogP) is 2.00. The van der Waals surface area contributed by atoms with Crippen molar-refractivity contribution in [3.63, 3.8) is 0 Å². The maximum atomic E-state index is 11.6. The molecular weight excluding hydrogens is 284 g/mol. The highest BCUT2D eigenvalue weighted by Crippen LogP contribution is 2.21. The van der Waals surface area contributed by atoms with E-state index in [9.17, 15) is 9.59 Å². The van der Waals surface area contributed by atoms with Gasteiger partial charge in [0.05, 0.1) is 31.2 Å². The first-order chi connectivity index (χ1) is 10.6. The van der Waals surface area contributed by atoms with Crippen molar-refractivity contribution in [2.24, 2.45) is 0 Å². The summed E-state index contributed by atoms with van der Waals surface area (Å²) >= 11 is 0. The van der Waals surface area contributed by atoms with Gasteiger partial charge in [0.25, 0.3) is 0 Å². The Labute approximate surface area is 128 Å². The molecule has 0 unspecified atom stereocenters. The van der Waals surface area contributed by atoms with Crippen molar-refractivity contribution < 1.29 is 19.1 Å². The molecule has 1 aromatic rings. The van der Waals surface area contributed by atoms with E-state index in [0.717, 1.165) is 0 Å². The molecule has 0 spiro atoms. The van der Waals surface area contributed by atoms with Crippen LogP contribution in [0.4, 0.5) is 0 Å². The molecule has 0 amide bonds. The van der Waals surface area contributed by atoms with Crippen LogP contribution in [0.2, 0.25) is 0 Å². The first kappa shape index (κ1) is 16.9. The Hall–Kier alpha value is -3.12. The van der Waals surface area contributed by atoms with E-state index in [0.29, 0.717) is 16.9 Å². The van der Waals surface area contributed by atoms with Gasteiger partial charge in [-0.3, -0.25) is 9.59 Å². The fourth-order valence-corrected chi connectivity index (χ4v) is 1.56. The maximum Gasteiger partial charge on any atom is 0.313 e. The van der Waals surface area contributed by atoms with Gasteiger partial charge in [0, 0.05) is 5.56 Å². The minimum atomic E-state index is -0.670. The SMILES string of the molecule is COc1cc(C#N)ccc1/C=C\C(=O)CC(=O)OCCC#N. The Kier molecular flexibility index (Phi) is 6.88. The van der Waals surface area contributed by atoms with Crippen molar-refractivity contribution in [1.82, 2.24) is 0 Å². The highest BCUT2D eigenvalue weighted by Gasteiger charge is 2.08. The van der Waals surface area contributed by atoms with Crippen LogP contribution in [-0.2, 0) is 14.3 Å². The second-order valence-corrected chi connectivity index (χ2v) is 4.17. The number of rotatable bonds is 7. The lowest BCUT2D eigenvalue weighted by Crippen LogP contribution is -2.10. The summed E-state index contributed by atoms with van der Waals surface area (Å²) in [6.45, 7) is -0.0181. The molecule has 0 N–H and O–H groups in total. The number of hydrogen-bond acceptors (Lipinski definition) is 6. The first-order valence-electron chi connectivity index (χ1n) is 6.42. The molecule has 6 heteroatoms. The zero-order valence-electron chi connectivity index (χ0n) is 12.0. The van der Waals surface area contributed by atoms with Crippen molar-refractivity contribution in [1.29, 1.82) is 10.5 Å². The van der Waals surface area contributed by atoms with Gasteiger partial charge in [-0.05, 0) is 30.4 Å². The molecular formula is C16H14N2O4. The average Bonchev–Trinajstić information content (AvgIpc) is 2.52. The molecule has 1 rings (SSSR count). The van der Waals surface area contributed by atoms with Gasteiger partial charge in [-0.25, -0.2) is 0 Å². The summed E-state index contributed by atoms with van der Waals surface area (Å²) in [6.07, 6.45) is 2.46. The van der Waals surface area contributed by atoms with Crippen LogP contribution in [0.15, 0.2) is 24.3 Å². The van der Waals surface area contributed by atoms with E-state index in [4.69, 9.17) is 20.0 Å². The van der Waals surface area contributed by atoms with Crippen LogP contribution in [-0.4, -0.2) is 25.5 Å². The van der Waals surface area contributed by atoms with Crippen LogP contribution >= 0.6 is 0 Å². The van der Waals surface area contributed by atoms with Gasteiger partial charge < -0.3 is 9.47 Å². The number of methoxy groups -OCH3 is 1. The topological polar surface area (TPSA) is 100 Å². The number of esters is 1. The first-order valence-corrected chi connectivity index (χ1v) is 6.42. The minimum absolute atomic E-state index is 0.0181. The van der Waals surface area contributed by atoms with Gasteiger partial charge in [-0.15, -0.1) is 0 Å². The quantitative estimate of drug-likeness (QED) is 0.330. The third-order valence-corrected chi connectivity index (χ3v) is 2.61. The smallest absolute Gasteiger partial charge is 0.313 e. The van der Waals surface area contributed by atoms with Crippen LogP contribution in [0.25, 0.3) is 6.08 Å². The molecule has 0 aliphatic rings. The van der Waals surface area contributed by atoms with Gasteiger partial charge in [0.1, 0.15) is 18.8 Å². The lowest BCUT2D eigenvalue weighted by molar-refractivity contribution is -0.145. The third kappa shape index (κ3) is 5.48. The summed E-state index contributed by atoms with van der Waals surface area (Å²) in [6, 6.07) is 8.62. The van der Waals surface area contributed by atoms with Crippen molar-refractivity contribution in [3.05, 3.63) is 35.4 Å². The molecule has 0 saturated carbocycles. The Balaban J connectivity index is 2.65. The van der Waals surface area contributed by atoms with Gasteiger partial charge >= 0.3 is 5.97 Å². The Morgan fingerprint density at radius 1 is 1.32 bits per heavy atom. The third-order valence-electron chi connectivity index (χ3n) is 2.61. The number of carbonyl (C=O) groups excluding carboxylic acids is 2. The van der Waals surface area contributed by atoms with Crippen LogP contribution in [0.1, 0.15) is 24.0 Å². The van der Waals surface area contributed by atoms with E-state index in [2.05, 4.69) is 0 Å². The number of allylic oxidation sites excluding steroid dienone is 1. The second-order valence-electron chi connectivity index (χ2n) is 4.17. The van der Waals surface area contributed by atoms with Gasteiger partial charge in [0.15, 0.2) is 5.78 Å². The Morgan fingerprint density at radius 3 is 2.73 bits per heavy atom. The van der Waals surface area contributed by atoms with Crippen molar-refractivity contribution in [3.8, 4) is 17.9 Å². The largest absolute Gasteiger partial charge is 0.496 e. The molecule has 6 nitrogen and oxygen atoms in total. The van der Waals surface area contributed by atoms with E-state index in [-0.39, 0.29) is 19.4 Å². The molecule has 0 fully saturated rings. The summed E-state index contributed by atoms with van der Waals surface area (Å²) in [4.78, 5) is 22.9. The summed E-state index contributed by atoms with van der Waals surface area (Å²) in [5.41, 5.74) is 1.06. The maximum absolute atomic E-state index is 11.6. The average molecular weight is 298 g/mol.